The first-order valence-corrected chi connectivity index (χ1v) is 7.49. The molecule has 0 saturated heterocycles. The number of carboxylic acid groups (broad SMARTS) is 1. The van der Waals surface area contributed by atoms with E-state index in [1.54, 1.807) is 0 Å². The van der Waals surface area contributed by atoms with Crippen LogP contribution in [0.15, 0.2) is 24.3 Å². The van der Waals surface area contributed by atoms with Crippen LogP contribution >= 0.6 is 0 Å². The summed E-state index contributed by atoms with van der Waals surface area (Å²) in [6.45, 7) is 4.23. The quantitative estimate of drug-likeness (QED) is 0.753. The summed E-state index contributed by atoms with van der Waals surface area (Å²) in [5, 5.41) is 10.5. The Bertz CT molecular complexity index is 598. The number of hydrogen-bond donors (Lipinski definition) is 1. The summed E-state index contributed by atoms with van der Waals surface area (Å²) in [5.41, 5.74) is 2.87. The van der Waals surface area contributed by atoms with Crippen molar-refractivity contribution in [3.05, 3.63) is 35.5 Å². The number of para-hydroxylation sites is 1. The van der Waals surface area contributed by atoms with Crippen LogP contribution in [0.25, 0.3) is 10.9 Å². The Labute approximate surface area is 120 Å². The van der Waals surface area contributed by atoms with Gasteiger partial charge in [-0.3, -0.25) is 0 Å². The van der Waals surface area contributed by atoms with Gasteiger partial charge in [-0.25, -0.2) is 9.36 Å². The van der Waals surface area contributed by atoms with Crippen molar-refractivity contribution in [2.24, 2.45) is 0 Å². The molecule has 0 saturated carbocycles. The van der Waals surface area contributed by atoms with Crippen molar-refractivity contribution < 1.29 is 9.90 Å². The van der Waals surface area contributed by atoms with Crippen molar-refractivity contribution in [1.82, 2.24) is 4.57 Å². The summed E-state index contributed by atoms with van der Waals surface area (Å²) in [6, 6.07) is 7.75. The van der Waals surface area contributed by atoms with Crippen LogP contribution in [0.5, 0.6) is 0 Å². The second kappa shape index (κ2) is 6.60. The van der Waals surface area contributed by atoms with Crippen molar-refractivity contribution in [3.63, 3.8) is 0 Å². The lowest BCUT2D eigenvalue weighted by Crippen LogP contribution is -2.12. The van der Waals surface area contributed by atoms with Gasteiger partial charge in [-0.1, -0.05) is 50.8 Å². The van der Waals surface area contributed by atoms with E-state index in [1.165, 1.54) is 30.3 Å². The number of aryl methyl sites for hydroxylation is 1. The third-order valence-corrected chi connectivity index (χ3v) is 3.96. The minimum absolute atomic E-state index is 0.807. The average molecular weight is 273 g/mol. The molecule has 3 heteroatoms. The number of unbranched alkanes of at least 4 members (excludes halogenated alkanes) is 4. The summed E-state index contributed by atoms with van der Waals surface area (Å²) in [5.74, 6) is 0. The van der Waals surface area contributed by atoms with E-state index in [1.807, 2.05) is 31.2 Å². The maximum Gasteiger partial charge on any atom is 0.416 e. The second-order valence-corrected chi connectivity index (χ2v) is 5.37. The minimum Gasteiger partial charge on any atom is -0.464 e. The van der Waals surface area contributed by atoms with Gasteiger partial charge in [-0.15, -0.1) is 0 Å². The van der Waals surface area contributed by atoms with Gasteiger partial charge in [-0.05, 0) is 31.4 Å². The van der Waals surface area contributed by atoms with Crippen LogP contribution in [-0.4, -0.2) is 15.8 Å². The highest BCUT2D eigenvalue weighted by Crippen LogP contribution is 2.26. The Morgan fingerprint density at radius 3 is 2.55 bits per heavy atom. The molecule has 3 nitrogen and oxygen atoms in total. The number of benzene rings is 1. The lowest BCUT2D eigenvalue weighted by atomic mass is 10.1. The van der Waals surface area contributed by atoms with Gasteiger partial charge in [0.1, 0.15) is 0 Å². The Morgan fingerprint density at radius 2 is 1.85 bits per heavy atom. The van der Waals surface area contributed by atoms with E-state index in [2.05, 4.69) is 6.92 Å². The zero-order valence-electron chi connectivity index (χ0n) is 12.4. The molecule has 0 bridgehead atoms. The second-order valence-electron chi connectivity index (χ2n) is 5.37. The molecule has 1 N–H and O–H groups in total. The number of rotatable bonds is 6. The summed E-state index contributed by atoms with van der Waals surface area (Å²) in [4.78, 5) is 11.5. The van der Waals surface area contributed by atoms with E-state index in [0.717, 1.165) is 35.0 Å². The van der Waals surface area contributed by atoms with Crippen LogP contribution in [0.4, 0.5) is 4.79 Å². The average Bonchev–Trinajstić information content (AvgIpc) is 2.72. The third kappa shape index (κ3) is 2.87. The molecule has 0 fully saturated rings. The van der Waals surface area contributed by atoms with Crippen molar-refractivity contribution in [2.45, 2.75) is 52.4 Å². The van der Waals surface area contributed by atoms with Gasteiger partial charge in [0.2, 0.25) is 0 Å². The first-order chi connectivity index (χ1) is 9.66. The summed E-state index contributed by atoms with van der Waals surface area (Å²) in [7, 11) is 0. The fraction of sp³-hybridized carbons (Fsp3) is 0.471. The third-order valence-electron chi connectivity index (χ3n) is 3.96. The first-order valence-electron chi connectivity index (χ1n) is 7.49. The summed E-state index contributed by atoms with van der Waals surface area (Å²) >= 11 is 0. The van der Waals surface area contributed by atoms with Gasteiger partial charge < -0.3 is 5.11 Å². The molecule has 0 atom stereocenters. The molecule has 0 aliphatic carbocycles. The molecule has 0 spiro atoms. The molecular weight excluding hydrogens is 250 g/mol. The van der Waals surface area contributed by atoms with Crippen molar-refractivity contribution in [2.75, 3.05) is 0 Å². The summed E-state index contributed by atoms with van der Waals surface area (Å²) in [6.07, 6.45) is 5.94. The molecule has 2 rings (SSSR count). The molecule has 0 aliphatic heterocycles. The van der Waals surface area contributed by atoms with E-state index in [9.17, 15) is 9.90 Å². The number of nitrogens with zero attached hydrogens (tertiary/aromatic N) is 1. The molecule has 20 heavy (non-hydrogen) atoms. The molecule has 1 heterocycles. The molecule has 0 unspecified atom stereocenters. The van der Waals surface area contributed by atoms with Gasteiger partial charge >= 0.3 is 6.09 Å². The molecule has 0 radical (unpaired) electrons. The lowest BCUT2D eigenvalue weighted by molar-refractivity contribution is 0.196. The SMILES string of the molecule is CCCCCCCc1c(C)c2ccccc2n1C(=O)O. The Morgan fingerprint density at radius 1 is 1.15 bits per heavy atom. The zero-order chi connectivity index (χ0) is 14.5. The Kier molecular flexibility index (Phi) is 4.83. The lowest BCUT2D eigenvalue weighted by Gasteiger charge is -2.06. The molecule has 108 valence electrons. The van der Waals surface area contributed by atoms with Gasteiger partial charge in [0.15, 0.2) is 0 Å². The number of fused-ring (bicyclic) bond motifs is 1. The topological polar surface area (TPSA) is 42.2 Å². The Balaban J connectivity index is 2.25. The van der Waals surface area contributed by atoms with Crippen molar-refractivity contribution in [3.8, 4) is 0 Å². The van der Waals surface area contributed by atoms with Gasteiger partial charge in [0, 0.05) is 11.1 Å². The van der Waals surface area contributed by atoms with Crippen LogP contribution in [0, 0.1) is 6.92 Å². The summed E-state index contributed by atoms with van der Waals surface area (Å²) < 4.78 is 1.46. The van der Waals surface area contributed by atoms with E-state index in [-0.39, 0.29) is 0 Å². The standard InChI is InChI=1S/C17H23NO2/c1-3-4-5-6-7-11-15-13(2)14-10-8-9-12-16(14)18(15)17(19)20/h8-10,12H,3-7,11H2,1-2H3,(H,19,20). The first kappa shape index (κ1) is 14.6. The van der Waals surface area contributed by atoms with E-state index >= 15 is 0 Å². The fourth-order valence-electron chi connectivity index (χ4n) is 2.87. The molecule has 1 aromatic carbocycles. The maximum absolute atomic E-state index is 11.5. The smallest absolute Gasteiger partial charge is 0.416 e. The van der Waals surface area contributed by atoms with Gasteiger partial charge in [-0.2, -0.15) is 0 Å². The van der Waals surface area contributed by atoms with Crippen LogP contribution in [0.2, 0.25) is 0 Å². The predicted octanol–water partition coefficient (Wildman–Crippen LogP) is 4.99. The molecule has 1 aromatic heterocycles. The highest BCUT2D eigenvalue weighted by molar-refractivity contribution is 5.92. The Hall–Kier alpha value is -1.77. The van der Waals surface area contributed by atoms with Crippen molar-refractivity contribution >= 4 is 17.0 Å². The van der Waals surface area contributed by atoms with E-state index < -0.39 is 6.09 Å². The van der Waals surface area contributed by atoms with E-state index in [0.29, 0.717) is 0 Å². The maximum atomic E-state index is 11.5. The van der Waals surface area contributed by atoms with Gasteiger partial charge in [0.05, 0.1) is 5.52 Å². The zero-order valence-corrected chi connectivity index (χ0v) is 12.4. The van der Waals surface area contributed by atoms with Crippen molar-refractivity contribution in [1.29, 1.82) is 0 Å². The fourth-order valence-corrected chi connectivity index (χ4v) is 2.87. The normalized spacial score (nSPS) is 11.1. The monoisotopic (exact) mass is 273 g/mol. The largest absolute Gasteiger partial charge is 0.464 e. The van der Waals surface area contributed by atoms with E-state index in [4.69, 9.17) is 0 Å². The van der Waals surface area contributed by atoms with Crippen LogP contribution < -0.4 is 0 Å². The van der Waals surface area contributed by atoms with Crippen LogP contribution in [0.3, 0.4) is 0 Å². The number of aromatic nitrogens is 1. The number of hydrogen-bond acceptors (Lipinski definition) is 1. The van der Waals surface area contributed by atoms with Crippen LogP contribution in [0.1, 0.15) is 50.3 Å². The minimum atomic E-state index is -0.877. The number of carbonyl (C=O) groups is 1. The molecular formula is C17H23NO2. The van der Waals surface area contributed by atoms with Crippen LogP contribution in [-0.2, 0) is 6.42 Å². The molecule has 2 aromatic rings. The molecule has 0 aliphatic rings. The van der Waals surface area contributed by atoms with Gasteiger partial charge in [0.25, 0.3) is 0 Å². The molecule has 0 amide bonds. The highest BCUT2D eigenvalue weighted by atomic mass is 16.4. The predicted molar refractivity (Wildman–Crippen MR) is 82.6 cm³/mol. The highest BCUT2D eigenvalue weighted by Gasteiger charge is 2.17.